The molecule has 0 bridgehead atoms. The zero-order valence-corrected chi connectivity index (χ0v) is 80.2. The molecule has 12 fully saturated rings. The fourth-order valence-electron chi connectivity index (χ4n) is 24.3. The first kappa shape index (κ1) is 111. The van der Waals surface area contributed by atoms with E-state index in [4.69, 9.17) is 85.3 Å². The Morgan fingerprint density at radius 1 is 0.514 bits per heavy atom. The van der Waals surface area contributed by atoms with E-state index in [0.29, 0.717) is 51.4 Å². The number of carboxylic acids is 1. The highest BCUT2D eigenvalue weighted by atomic mass is 16.8. The lowest BCUT2D eigenvalue weighted by Gasteiger charge is -2.71. The number of ether oxygens (including phenoxy) is 18. The van der Waals surface area contributed by atoms with Crippen molar-refractivity contribution in [1.29, 1.82) is 0 Å². The number of aldehydes is 1. The number of esters is 3. The monoisotopic (exact) mass is 1990 g/mol. The maximum absolute atomic E-state index is 16.5. The standard InChI is InChI=1S/C93H150O45/c1-14-37(4)48(126-55(102)27-42(98)26-49(38(5)15-2)128-81-64(111)59(106)47(16-3)127-81)25-41(97)28-56(103)131-71-57(104)39(6)124-83(74(71)136-80-66(113)62(109)69(40(7)125-80)132-79-68(115)70(46(100)33-122-79)133-85-76(116)92(120,35-96)36-123-85)138-86(119)93-24-23-87(8,9)29-44(93)43-17-18-52-88(10)21-20-54(89(11,34-95)51(88)19-22-90(52,12)91(43,13)30-53(93)101)130-84-75(137-82-65(112)61(108)60(107)50(31-94)129-82)72(67(114)73(135-84)77(117)118)134-78-63(110)58(105)45(99)32-121-78/h17,34,37-42,44-54,57-76,78-85,94,96-101,104-116,120H,14-16,18-33,35-36H2,1-13H3,(H,117,118)/t37-,38-,39?,40?,41-,42-,44?,45+,46?,47-,48-,49-,50?,51?,52?,53+,54-,57+,58-,59?,60-,61-,62?,63?,64?,65?,66-,67-,68?,69-,70-,71?,72-,73?,74+,75?,76?,78-,79-,80-,81-,82-,83-,84+,85-,88-,89-,90+,91+,92+,93+/m0/s1. The number of carboxylic acid groups (broad SMARTS) is 1. The van der Waals surface area contributed by atoms with Gasteiger partial charge in [0.1, 0.15) is 145 Å². The first-order valence-corrected chi connectivity index (χ1v) is 48.7. The number of aliphatic hydroxyl groups is 21. The van der Waals surface area contributed by atoms with Gasteiger partial charge in [-0.25, -0.2) is 4.79 Å². The van der Waals surface area contributed by atoms with Crippen LogP contribution >= 0.6 is 0 Å². The van der Waals surface area contributed by atoms with Gasteiger partial charge in [0.2, 0.25) is 6.29 Å². The van der Waals surface area contributed by atoms with Crippen molar-refractivity contribution in [2.45, 2.75) is 444 Å². The molecule has 45 heteroatoms. The Hall–Kier alpha value is -4.15. The summed E-state index contributed by atoms with van der Waals surface area (Å²) in [5, 5.41) is 247. The number of fused-ring (bicyclic) bond motifs is 7. The molecule has 0 aromatic rings. The van der Waals surface area contributed by atoms with Crippen molar-refractivity contribution in [1.82, 2.24) is 0 Å². The second-order valence-electron chi connectivity index (χ2n) is 42.8. The van der Waals surface area contributed by atoms with E-state index in [0.717, 1.165) is 11.9 Å². The van der Waals surface area contributed by atoms with Gasteiger partial charge in [0.25, 0.3) is 0 Å². The normalized spacial score (nSPS) is 48.7. The molecule has 51 atom stereocenters. The molecular weight excluding hydrogens is 1840 g/mol. The summed E-state index contributed by atoms with van der Waals surface area (Å²) < 4.78 is 109. The second-order valence-corrected chi connectivity index (χ2v) is 42.8. The van der Waals surface area contributed by atoms with E-state index >= 15 is 4.79 Å². The summed E-state index contributed by atoms with van der Waals surface area (Å²) in [4.78, 5) is 72.7. The van der Waals surface area contributed by atoms with Gasteiger partial charge in [-0.3, -0.25) is 14.4 Å². The predicted molar refractivity (Wildman–Crippen MR) is 461 cm³/mol. The third-order valence-corrected chi connectivity index (χ3v) is 33.5. The molecule has 0 aromatic heterocycles. The number of hydrogen-bond acceptors (Lipinski definition) is 44. The van der Waals surface area contributed by atoms with E-state index in [1.807, 2.05) is 27.7 Å². The summed E-state index contributed by atoms with van der Waals surface area (Å²) in [5.74, 6) is -7.29. The Morgan fingerprint density at radius 3 is 1.70 bits per heavy atom. The minimum Gasteiger partial charge on any atom is -0.479 e. The molecule has 22 N–H and O–H groups in total. The van der Waals surface area contributed by atoms with Crippen LogP contribution in [0.5, 0.6) is 0 Å². The molecule has 0 amide bonds. The highest BCUT2D eigenvalue weighted by Gasteiger charge is 2.74. The Morgan fingerprint density at radius 2 is 1.08 bits per heavy atom. The Labute approximate surface area is 799 Å². The molecule has 13 rings (SSSR count). The van der Waals surface area contributed by atoms with Crippen molar-refractivity contribution in [3.05, 3.63) is 11.6 Å². The molecule has 45 nitrogen and oxygen atoms in total. The Kier molecular flexibility index (Phi) is 35.5. The van der Waals surface area contributed by atoms with Gasteiger partial charge in [-0.2, -0.15) is 0 Å². The maximum atomic E-state index is 16.5. The zero-order chi connectivity index (χ0) is 101. The number of carbonyl (C=O) groups is 5. The highest BCUT2D eigenvalue weighted by molar-refractivity contribution is 5.80. The molecule has 138 heavy (non-hydrogen) atoms. The van der Waals surface area contributed by atoms with E-state index in [-0.39, 0.29) is 50.4 Å². The molecule has 0 aromatic carbocycles. The van der Waals surface area contributed by atoms with Crippen molar-refractivity contribution < 1.29 is 222 Å². The third-order valence-electron chi connectivity index (χ3n) is 33.5. The van der Waals surface area contributed by atoms with E-state index < -0.39 is 371 Å². The molecule has 8 aliphatic heterocycles. The molecule has 17 unspecified atom stereocenters. The van der Waals surface area contributed by atoms with Crippen molar-refractivity contribution in [2.24, 2.45) is 62.1 Å². The van der Waals surface area contributed by atoms with Crippen LogP contribution in [0.15, 0.2) is 11.6 Å². The van der Waals surface area contributed by atoms with Crippen LogP contribution in [0.1, 0.15) is 193 Å². The number of aliphatic carboxylic acids is 1. The van der Waals surface area contributed by atoms with Crippen molar-refractivity contribution in [3.63, 3.8) is 0 Å². The first-order chi connectivity index (χ1) is 64.8. The van der Waals surface area contributed by atoms with Gasteiger partial charge in [-0.15, -0.1) is 0 Å². The largest absolute Gasteiger partial charge is 0.479 e. The lowest BCUT2D eigenvalue weighted by molar-refractivity contribution is -0.391. The summed E-state index contributed by atoms with van der Waals surface area (Å²) in [5.41, 5.74) is -7.75. The maximum Gasteiger partial charge on any atom is 0.335 e. The minimum atomic E-state index is -2.27. The van der Waals surface area contributed by atoms with Crippen molar-refractivity contribution in [3.8, 4) is 0 Å². The van der Waals surface area contributed by atoms with E-state index in [2.05, 4.69) is 26.8 Å². The van der Waals surface area contributed by atoms with Gasteiger partial charge >= 0.3 is 23.9 Å². The highest BCUT2D eigenvalue weighted by Crippen LogP contribution is 2.76. The smallest absolute Gasteiger partial charge is 0.335 e. The molecule has 0 radical (unpaired) electrons. The number of rotatable bonds is 35. The zero-order valence-electron chi connectivity index (χ0n) is 80.2. The molecule has 792 valence electrons. The van der Waals surface area contributed by atoms with Crippen molar-refractivity contribution >= 4 is 30.2 Å². The SMILES string of the molecule is CC[C@@H]1O[C@@H](O[C@@H](C[C@H](O)CC(=O)O[C@@H](C[C@H](O)CC(=O)OC2[C@H](O)C(C)O[C@@H](OC(=O)[C@]34CCC(C)(C)CC3C3=CCC5[C@@]6(C)CC[C@H](O[C@@H]7OC(C(=O)O)[C@@H](O)[C@H](O[C@@H]8OC[C@@H](O)[C@H](O)C8O)C7O[C@@H]7OC(CO)[C@H](O)[C@H](O)C7O)[C@@](C)(C=O)C6CC[C@@]5(C)[C@]3(C)C[C@H]4O)[C@@H]2O[C@@H]2OC(C)[C@H](O[C@@H]3OCC(O)[C@H](O[C@@H]4OC[C@](O)(CO)C4O)C3O)C(O)[C@@H]2O)[C@@H](C)CC)[C@@H](C)CC)C(O)C1O. The van der Waals surface area contributed by atoms with Gasteiger partial charge in [-0.1, -0.05) is 101 Å². The van der Waals surface area contributed by atoms with E-state index in [9.17, 15) is 132 Å². The van der Waals surface area contributed by atoms with Crippen LogP contribution in [0, 0.1) is 62.1 Å². The van der Waals surface area contributed by atoms with Crippen LogP contribution < -0.4 is 0 Å². The molecule has 13 aliphatic rings. The Balaban J connectivity index is 0.763. The molecule has 8 saturated heterocycles. The van der Waals surface area contributed by atoms with Gasteiger partial charge in [0.05, 0.1) is 100 Å². The average Bonchev–Trinajstić information content (AvgIpc) is 0.700. The van der Waals surface area contributed by atoms with Crippen LogP contribution in [0.3, 0.4) is 0 Å². The van der Waals surface area contributed by atoms with Crippen LogP contribution in [-0.4, -0.2) is 427 Å². The fraction of sp³-hybridized carbons (Fsp3) is 0.925. The molecular formula is C93H150O45. The Bertz CT molecular complexity index is 4100. The summed E-state index contributed by atoms with van der Waals surface area (Å²) in [6.45, 7) is 20.0. The quantitative estimate of drug-likeness (QED) is 0.00939. The summed E-state index contributed by atoms with van der Waals surface area (Å²) in [6.07, 6.45) is -65.2. The molecule has 0 spiro atoms. The predicted octanol–water partition coefficient (Wildman–Crippen LogP) is -4.27. The summed E-state index contributed by atoms with van der Waals surface area (Å²) >= 11 is 0. The average molecular weight is 1990 g/mol. The lowest BCUT2D eigenvalue weighted by atomic mass is 9.33. The van der Waals surface area contributed by atoms with E-state index in [1.54, 1.807) is 27.7 Å². The van der Waals surface area contributed by atoms with Crippen LogP contribution in [-0.2, 0) is 109 Å². The van der Waals surface area contributed by atoms with Crippen LogP contribution in [0.2, 0.25) is 0 Å². The molecule has 4 saturated carbocycles. The number of allylic oxidation sites excluding steroid dienone is 2. The number of aliphatic hydroxyl groups excluding tert-OH is 20. The van der Waals surface area contributed by atoms with Crippen molar-refractivity contribution in [2.75, 3.05) is 33.0 Å². The molecule has 8 heterocycles. The fourth-order valence-corrected chi connectivity index (χ4v) is 24.3. The van der Waals surface area contributed by atoms with Crippen LogP contribution in [0.4, 0.5) is 0 Å². The lowest BCUT2D eigenvalue weighted by Crippen LogP contribution is -2.69. The summed E-state index contributed by atoms with van der Waals surface area (Å²) in [7, 11) is 0. The third kappa shape index (κ3) is 21.4. The number of carbonyl (C=O) groups excluding carboxylic acids is 4. The van der Waals surface area contributed by atoms with Gasteiger partial charge < -0.3 is 202 Å². The first-order valence-electron chi connectivity index (χ1n) is 48.7. The topological polar surface area (TPSA) is 697 Å². The molecule has 5 aliphatic carbocycles. The second kappa shape index (κ2) is 44.1. The number of hydrogen-bond donors (Lipinski definition) is 22. The summed E-state index contributed by atoms with van der Waals surface area (Å²) in [6, 6.07) is 0. The van der Waals surface area contributed by atoms with Crippen LogP contribution in [0.25, 0.3) is 0 Å². The van der Waals surface area contributed by atoms with Gasteiger partial charge in [-0.05, 0) is 129 Å². The van der Waals surface area contributed by atoms with Gasteiger partial charge in [0.15, 0.2) is 62.3 Å². The van der Waals surface area contributed by atoms with E-state index in [1.165, 1.54) is 13.8 Å². The minimum absolute atomic E-state index is 0.00483. The van der Waals surface area contributed by atoms with Gasteiger partial charge in [0, 0.05) is 12.8 Å².